The molecule has 1 aromatic rings. The Bertz CT molecular complexity index is 522. The van der Waals surface area contributed by atoms with Gasteiger partial charge in [-0.3, -0.25) is 4.99 Å². The number of ether oxygens (including phenoxy) is 3. The highest BCUT2D eigenvalue weighted by molar-refractivity contribution is 5.80. The van der Waals surface area contributed by atoms with E-state index in [0.717, 1.165) is 11.5 Å². The largest absolute Gasteiger partial charge is 0.493 e. The molecule has 2 N–H and O–H groups in total. The molecule has 6 nitrogen and oxygen atoms in total. The molecule has 0 saturated carbocycles. The Balaban J connectivity index is 2.94. The maximum absolute atomic E-state index is 5.47. The maximum atomic E-state index is 5.47. The van der Waals surface area contributed by atoms with Crippen LogP contribution in [0.4, 0.5) is 0 Å². The van der Waals surface area contributed by atoms with Crippen molar-refractivity contribution in [2.45, 2.75) is 32.9 Å². The summed E-state index contributed by atoms with van der Waals surface area (Å²) in [6, 6.07) is 3.80. The van der Waals surface area contributed by atoms with Gasteiger partial charge in [0.05, 0.1) is 21.3 Å². The van der Waals surface area contributed by atoms with E-state index in [1.165, 1.54) is 0 Å². The highest BCUT2D eigenvalue weighted by atomic mass is 16.5. The van der Waals surface area contributed by atoms with Crippen molar-refractivity contribution in [1.29, 1.82) is 0 Å². The van der Waals surface area contributed by atoms with E-state index >= 15 is 0 Å². The first-order valence-corrected chi connectivity index (χ1v) is 7.13. The molecule has 0 aliphatic rings. The van der Waals surface area contributed by atoms with Gasteiger partial charge in [-0.25, -0.2) is 0 Å². The highest BCUT2D eigenvalue weighted by Gasteiger charge is 2.17. The first-order chi connectivity index (χ1) is 10.4. The van der Waals surface area contributed by atoms with Crippen molar-refractivity contribution in [1.82, 2.24) is 10.6 Å². The Morgan fingerprint density at radius 3 is 2.14 bits per heavy atom. The minimum Gasteiger partial charge on any atom is -0.493 e. The van der Waals surface area contributed by atoms with Gasteiger partial charge in [0, 0.05) is 24.7 Å². The number of nitrogens with one attached hydrogen (secondary N) is 2. The molecule has 0 bridgehead atoms. The summed E-state index contributed by atoms with van der Waals surface area (Å²) in [5.74, 6) is 2.60. The fourth-order valence-electron chi connectivity index (χ4n) is 2.02. The predicted octanol–water partition coefficient (Wildman–Crippen LogP) is 2.18. The summed E-state index contributed by atoms with van der Waals surface area (Å²) in [5.41, 5.74) is 0.890. The second-order valence-electron chi connectivity index (χ2n) is 5.79. The Labute approximate surface area is 132 Å². The number of benzene rings is 1. The van der Waals surface area contributed by atoms with Gasteiger partial charge in [-0.15, -0.1) is 0 Å². The Hall–Kier alpha value is -2.11. The maximum Gasteiger partial charge on any atom is 0.203 e. The number of hydrogen-bond donors (Lipinski definition) is 2. The molecule has 22 heavy (non-hydrogen) atoms. The van der Waals surface area contributed by atoms with Crippen LogP contribution >= 0.6 is 0 Å². The summed E-state index contributed by atoms with van der Waals surface area (Å²) in [5, 5.41) is 6.58. The second-order valence-corrected chi connectivity index (χ2v) is 5.79. The number of nitrogens with zero attached hydrogens (tertiary/aromatic N) is 1. The van der Waals surface area contributed by atoms with E-state index in [1.807, 2.05) is 12.1 Å². The van der Waals surface area contributed by atoms with Gasteiger partial charge in [-0.2, -0.15) is 0 Å². The third kappa shape index (κ3) is 4.72. The number of guanidine groups is 1. The third-order valence-electron chi connectivity index (χ3n) is 2.95. The standard InChI is InChI=1S/C16H27N3O3/c1-16(2,3)19-15(17-4)18-10-11-8-9-12(20-5)14(22-7)13(11)21-6/h8-9H,10H2,1-7H3,(H2,17,18,19). The average molecular weight is 309 g/mol. The topological polar surface area (TPSA) is 64.1 Å². The van der Waals surface area contributed by atoms with Gasteiger partial charge < -0.3 is 24.8 Å². The fraction of sp³-hybridized carbons (Fsp3) is 0.562. The smallest absolute Gasteiger partial charge is 0.203 e. The van der Waals surface area contributed by atoms with Gasteiger partial charge in [0.25, 0.3) is 0 Å². The Kier molecular flexibility index (Phi) is 6.34. The fourth-order valence-corrected chi connectivity index (χ4v) is 2.02. The van der Waals surface area contributed by atoms with Gasteiger partial charge in [0.2, 0.25) is 5.75 Å². The van der Waals surface area contributed by atoms with Gasteiger partial charge in [-0.1, -0.05) is 0 Å². The third-order valence-corrected chi connectivity index (χ3v) is 2.95. The van der Waals surface area contributed by atoms with Gasteiger partial charge in [0.1, 0.15) is 0 Å². The zero-order valence-corrected chi connectivity index (χ0v) is 14.5. The van der Waals surface area contributed by atoms with Crippen molar-refractivity contribution in [2.24, 2.45) is 4.99 Å². The van der Waals surface area contributed by atoms with E-state index in [2.05, 4.69) is 36.4 Å². The first kappa shape index (κ1) is 17.9. The summed E-state index contributed by atoms with van der Waals surface area (Å²) in [7, 11) is 6.55. The Morgan fingerprint density at radius 1 is 1.05 bits per heavy atom. The minimum atomic E-state index is -0.0659. The molecule has 0 unspecified atom stereocenters. The van der Waals surface area contributed by atoms with Gasteiger partial charge in [0.15, 0.2) is 17.5 Å². The van der Waals surface area contributed by atoms with Crippen molar-refractivity contribution in [3.8, 4) is 17.2 Å². The van der Waals surface area contributed by atoms with E-state index in [9.17, 15) is 0 Å². The molecule has 0 aliphatic heterocycles. The number of hydrogen-bond acceptors (Lipinski definition) is 4. The molecule has 0 radical (unpaired) electrons. The van der Waals surface area contributed by atoms with Crippen LogP contribution in [0.1, 0.15) is 26.3 Å². The molecule has 0 aromatic heterocycles. The lowest BCUT2D eigenvalue weighted by molar-refractivity contribution is 0.322. The first-order valence-electron chi connectivity index (χ1n) is 7.13. The van der Waals surface area contributed by atoms with Crippen LogP contribution in [0.5, 0.6) is 17.2 Å². The van der Waals surface area contributed by atoms with Gasteiger partial charge >= 0.3 is 0 Å². The molecular weight excluding hydrogens is 282 g/mol. The summed E-state index contributed by atoms with van der Waals surface area (Å²) in [4.78, 5) is 4.22. The molecule has 1 rings (SSSR count). The van der Waals surface area contributed by atoms with Crippen LogP contribution in [-0.2, 0) is 6.54 Å². The quantitative estimate of drug-likeness (QED) is 0.645. The SMILES string of the molecule is CN=C(NCc1ccc(OC)c(OC)c1OC)NC(C)(C)C. The lowest BCUT2D eigenvalue weighted by Crippen LogP contribution is -2.47. The highest BCUT2D eigenvalue weighted by Crippen LogP contribution is 2.39. The summed E-state index contributed by atoms with van der Waals surface area (Å²) in [6.45, 7) is 6.80. The molecule has 0 spiro atoms. The van der Waals surface area contributed by atoms with Crippen LogP contribution in [0.2, 0.25) is 0 Å². The lowest BCUT2D eigenvalue weighted by Gasteiger charge is -2.24. The van der Waals surface area contributed by atoms with E-state index in [0.29, 0.717) is 23.8 Å². The lowest BCUT2D eigenvalue weighted by atomic mass is 10.1. The molecule has 0 aliphatic carbocycles. The second kappa shape index (κ2) is 7.77. The average Bonchev–Trinajstić information content (AvgIpc) is 2.48. The molecule has 0 atom stereocenters. The van der Waals surface area contributed by atoms with Crippen LogP contribution < -0.4 is 24.8 Å². The molecule has 124 valence electrons. The van der Waals surface area contributed by atoms with Crippen LogP contribution in [0.15, 0.2) is 17.1 Å². The molecule has 0 fully saturated rings. The molecular formula is C16H27N3O3. The van der Waals surface area contributed by atoms with Crippen molar-refractivity contribution in [3.05, 3.63) is 17.7 Å². The summed E-state index contributed by atoms with van der Waals surface area (Å²) < 4.78 is 16.1. The number of methoxy groups -OCH3 is 3. The van der Waals surface area contributed by atoms with Crippen molar-refractivity contribution in [3.63, 3.8) is 0 Å². The normalized spacial score (nSPS) is 11.9. The van der Waals surface area contributed by atoms with Crippen LogP contribution in [0.3, 0.4) is 0 Å². The Morgan fingerprint density at radius 2 is 1.68 bits per heavy atom. The molecule has 6 heteroatoms. The molecule has 0 amide bonds. The van der Waals surface area contributed by atoms with Crippen molar-refractivity contribution >= 4 is 5.96 Å². The van der Waals surface area contributed by atoms with Crippen LogP contribution in [0.25, 0.3) is 0 Å². The van der Waals surface area contributed by atoms with E-state index in [-0.39, 0.29) is 5.54 Å². The number of rotatable bonds is 5. The van der Waals surface area contributed by atoms with E-state index in [1.54, 1.807) is 28.4 Å². The van der Waals surface area contributed by atoms with Crippen LogP contribution in [0, 0.1) is 0 Å². The summed E-state index contributed by atoms with van der Waals surface area (Å²) in [6.07, 6.45) is 0. The predicted molar refractivity (Wildman–Crippen MR) is 89.2 cm³/mol. The van der Waals surface area contributed by atoms with E-state index in [4.69, 9.17) is 14.2 Å². The van der Waals surface area contributed by atoms with E-state index < -0.39 is 0 Å². The van der Waals surface area contributed by atoms with Crippen molar-refractivity contribution < 1.29 is 14.2 Å². The minimum absolute atomic E-state index is 0.0659. The van der Waals surface area contributed by atoms with Crippen molar-refractivity contribution in [2.75, 3.05) is 28.4 Å². The molecule has 0 heterocycles. The van der Waals surface area contributed by atoms with Crippen LogP contribution in [-0.4, -0.2) is 39.9 Å². The molecule has 1 aromatic carbocycles. The zero-order valence-electron chi connectivity index (χ0n) is 14.5. The molecule has 0 saturated heterocycles. The monoisotopic (exact) mass is 309 g/mol. The summed E-state index contributed by atoms with van der Waals surface area (Å²) >= 11 is 0. The van der Waals surface area contributed by atoms with Gasteiger partial charge in [-0.05, 0) is 32.9 Å². The number of aliphatic imine (C=N–C) groups is 1. The zero-order chi connectivity index (χ0) is 16.8.